The van der Waals surface area contributed by atoms with E-state index in [0.717, 1.165) is 41.9 Å². The largest absolute Gasteiger partial charge is 0.495 e. The summed E-state index contributed by atoms with van der Waals surface area (Å²) in [5, 5.41) is 8.06. The lowest BCUT2D eigenvalue weighted by atomic mass is 10.0. The Kier molecular flexibility index (Phi) is 13.2. The van der Waals surface area contributed by atoms with Gasteiger partial charge in [-0.3, -0.25) is 4.79 Å². The van der Waals surface area contributed by atoms with E-state index in [1.165, 1.54) is 23.3 Å². The summed E-state index contributed by atoms with van der Waals surface area (Å²) in [4.78, 5) is 16.3. The number of fused-ring (bicyclic) bond motifs is 1. The molecular weight excluding hydrogens is 555 g/mol. The van der Waals surface area contributed by atoms with Gasteiger partial charge in [0.2, 0.25) is 6.93 Å². The molecule has 2 N–H and O–H groups in total. The minimum absolute atomic E-state index is 0.0868. The van der Waals surface area contributed by atoms with Crippen LogP contribution in [0, 0.1) is 11.8 Å². The molecule has 234 valence electrons. The molecule has 4 rings (SSSR count). The molecule has 1 aliphatic heterocycles. The Balaban J connectivity index is 0.00000162. The van der Waals surface area contributed by atoms with Gasteiger partial charge in [-0.25, -0.2) is 13.2 Å². The van der Waals surface area contributed by atoms with Gasteiger partial charge in [0.15, 0.2) is 0 Å². The average molecular weight is 600 g/mol. The number of nitrogens with one attached hydrogen (secondary N) is 2. The van der Waals surface area contributed by atoms with Crippen molar-refractivity contribution in [3.8, 4) is 17.6 Å². The van der Waals surface area contributed by atoms with E-state index >= 15 is 0 Å². The Morgan fingerprint density at radius 3 is 2.44 bits per heavy atom. The topological polar surface area (TPSA) is 61.8 Å². The maximum Gasteiger partial charge on any atom is 0.253 e. The quantitative estimate of drug-likeness (QED) is 0.296. The molecule has 1 saturated heterocycles. The molecule has 0 bridgehead atoms. The highest BCUT2D eigenvalue weighted by Crippen LogP contribution is 2.26. The van der Waals surface area contributed by atoms with E-state index in [-0.39, 0.29) is 12.5 Å². The van der Waals surface area contributed by atoms with Crippen molar-refractivity contribution in [3.63, 3.8) is 0 Å². The van der Waals surface area contributed by atoms with E-state index in [0.29, 0.717) is 29.9 Å². The molecule has 0 atom stereocenters. The van der Waals surface area contributed by atoms with Crippen LogP contribution in [0.1, 0.15) is 48.3 Å². The summed E-state index contributed by atoms with van der Waals surface area (Å²) >= 11 is 0. The number of halogens is 3. The Labute approximate surface area is 253 Å². The standard InChI is InChI=1S/C32H42FN5O2.CH2F2/c1-23(2)37-16-12-27(13-17-37)35-22-24-8-11-30-26(19-24)20-28(38(30)18-14-33)7-6-15-34-29-10-9-25(21-31(29)40-5)32(39)36(3)4;2-1-3/h8-11,19-21,23,27,34-35H,12-18,22H2,1-5H3;1H2. The predicted octanol–water partition coefficient (Wildman–Crippen LogP) is 5.63. The molecule has 3 aromatic rings. The van der Waals surface area contributed by atoms with Gasteiger partial charge in [-0.05, 0) is 87.7 Å². The highest BCUT2D eigenvalue weighted by atomic mass is 19.3. The molecule has 1 fully saturated rings. The Morgan fingerprint density at radius 1 is 1.09 bits per heavy atom. The number of methoxy groups -OCH3 is 1. The maximum absolute atomic E-state index is 13.4. The number of ether oxygens (including phenoxy) is 1. The van der Waals surface area contributed by atoms with Gasteiger partial charge >= 0.3 is 0 Å². The highest BCUT2D eigenvalue weighted by Gasteiger charge is 2.20. The van der Waals surface area contributed by atoms with E-state index in [1.54, 1.807) is 33.3 Å². The van der Waals surface area contributed by atoms with Gasteiger partial charge in [-0.15, -0.1) is 0 Å². The van der Waals surface area contributed by atoms with Crippen LogP contribution in [0.3, 0.4) is 0 Å². The van der Waals surface area contributed by atoms with E-state index in [4.69, 9.17) is 4.74 Å². The van der Waals surface area contributed by atoms with Gasteiger partial charge in [-0.2, -0.15) is 0 Å². The van der Waals surface area contributed by atoms with Gasteiger partial charge in [0.05, 0.1) is 31.6 Å². The van der Waals surface area contributed by atoms with Crippen molar-refractivity contribution in [3.05, 3.63) is 59.3 Å². The number of aromatic nitrogens is 1. The number of carbonyl (C=O) groups excluding carboxylic acids is 1. The highest BCUT2D eigenvalue weighted by molar-refractivity contribution is 5.95. The predicted molar refractivity (Wildman–Crippen MR) is 168 cm³/mol. The number of alkyl halides is 3. The first-order valence-corrected chi connectivity index (χ1v) is 14.6. The van der Waals surface area contributed by atoms with Crippen LogP contribution in [-0.4, -0.2) is 86.8 Å². The SMILES string of the molecule is COc1cc(C(=O)N(C)C)ccc1NCC#Cc1cc2cc(CNC3CCN(C(C)C)CC3)ccc2n1CCF.FCF. The molecular formula is C33H44F3N5O2. The van der Waals surface area contributed by atoms with Gasteiger partial charge < -0.3 is 29.7 Å². The third kappa shape index (κ3) is 9.40. The van der Waals surface area contributed by atoms with Crippen molar-refractivity contribution in [2.75, 3.05) is 59.8 Å². The zero-order valence-corrected chi connectivity index (χ0v) is 25.9. The number of rotatable bonds is 10. The normalized spacial score (nSPS) is 13.7. The monoisotopic (exact) mass is 599 g/mol. The summed E-state index contributed by atoms with van der Waals surface area (Å²) < 4.78 is 40.1. The van der Waals surface area contributed by atoms with Crippen LogP contribution < -0.4 is 15.4 Å². The van der Waals surface area contributed by atoms with E-state index in [9.17, 15) is 18.0 Å². The van der Waals surface area contributed by atoms with Gasteiger partial charge in [0.1, 0.15) is 12.4 Å². The third-order valence-corrected chi connectivity index (χ3v) is 7.57. The van der Waals surface area contributed by atoms with Crippen molar-refractivity contribution in [2.45, 2.75) is 51.9 Å². The Hall–Kier alpha value is -3.68. The number of likely N-dealkylation sites (tertiary alicyclic amines) is 1. The lowest BCUT2D eigenvalue weighted by molar-refractivity contribution is 0.0827. The van der Waals surface area contributed by atoms with E-state index < -0.39 is 13.6 Å². The van der Waals surface area contributed by atoms with Crippen LogP contribution in [0.2, 0.25) is 0 Å². The fourth-order valence-corrected chi connectivity index (χ4v) is 5.24. The first-order chi connectivity index (χ1) is 20.7. The zero-order valence-electron chi connectivity index (χ0n) is 25.9. The van der Waals surface area contributed by atoms with Gasteiger partial charge in [-0.1, -0.05) is 12.0 Å². The van der Waals surface area contributed by atoms with Crippen molar-refractivity contribution >= 4 is 22.5 Å². The number of aryl methyl sites for hydroxylation is 1. The molecule has 1 amide bonds. The van der Waals surface area contributed by atoms with Crippen molar-refractivity contribution in [1.29, 1.82) is 0 Å². The van der Waals surface area contributed by atoms with Gasteiger partial charge in [0.25, 0.3) is 5.91 Å². The molecule has 0 aliphatic carbocycles. The number of anilines is 1. The second-order valence-electron chi connectivity index (χ2n) is 10.9. The minimum Gasteiger partial charge on any atom is -0.495 e. The average Bonchev–Trinajstić information content (AvgIpc) is 3.34. The molecule has 0 spiro atoms. The van der Waals surface area contributed by atoms with Crippen LogP contribution in [0.4, 0.5) is 18.9 Å². The molecule has 0 unspecified atom stereocenters. The van der Waals surface area contributed by atoms with Crippen LogP contribution in [0.25, 0.3) is 10.9 Å². The lowest BCUT2D eigenvalue weighted by Crippen LogP contribution is -2.44. The van der Waals surface area contributed by atoms with Crippen LogP contribution in [0.5, 0.6) is 5.75 Å². The third-order valence-electron chi connectivity index (χ3n) is 7.57. The summed E-state index contributed by atoms with van der Waals surface area (Å²) in [6.45, 7) is 6.07. The van der Waals surface area contributed by atoms with Gasteiger partial charge in [0, 0.05) is 49.2 Å². The number of carbonyl (C=O) groups is 1. The van der Waals surface area contributed by atoms with Crippen molar-refractivity contribution < 1.29 is 22.7 Å². The van der Waals surface area contributed by atoms with Crippen LogP contribution in [0.15, 0.2) is 42.5 Å². The number of benzene rings is 2. The number of piperidine rings is 1. The summed E-state index contributed by atoms with van der Waals surface area (Å²) in [5.41, 5.74) is 4.32. The van der Waals surface area contributed by atoms with E-state index in [1.807, 2.05) is 16.7 Å². The molecule has 1 aromatic heterocycles. The Bertz CT molecular complexity index is 1390. The number of hydrogen-bond acceptors (Lipinski definition) is 5. The smallest absolute Gasteiger partial charge is 0.253 e. The number of hydrogen-bond donors (Lipinski definition) is 2. The number of nitrogens with zero attached hydrogens (tertiary/aromatic N) is 3. The molecule has 10 heteroatoms. The fraction of sp³-hybridized carbons (Fsp3) is 0.485. The summed E-state index contributed by atoms with van der Waals surface area (Å²) in [6.07, 6.45) is 2.34. The summed E-state index contributed by atoms with van der Waals surface area (Å²) in [7, 11) is 5.01. The van der Waals surface area contributed by atoms with E-state index in [2.05, 4.69) is 59.4 Å². The zero-order chi connectivity index (χ0) is 31.4. The molecule has 2 heterocycles. The molecule has 7 nitrogen and oxygen atoms in total. The minimum atomic E-state index is -1.75. The van der Waals surface area contributed by atoms with Crippen LogP contribution in [-0.2, 0) is 13.1 Å². The van der Waals surface area contributed by atoms with Crippen molar-refractivity contribution in [1.82, 2.24) is 19.7 Å². The molecule has 0 saturated carbocycles. The molecule has 2 aromatic carbocycles. The lowest BCUT2D eigenvalue weighted by Gasteiger charge is -2.35. The molecule has 43 heavy (non-hydrogen) atoms. The van der Waals surface area contributed by atoms with Crippen molar-refractivity contribution in [2.24, 2.45) is 0 Å². The maximum atomic E-state index is 13.4. The number of amides is 1. The second kappa shape index (κ2) is 16.8. The second-order valence-corrected chi connectivity index (χ2v) is 10.9. The first-order valence-electron chi connectivity index (χ1n) is 14.6. The fourth-order valence-electron chi connectivity index (χ4n) is 5.24. The molecule has 0 radical (unpaired) electrons. The summed E-state index contributed by atoms with van der Waals surface area (Å²) in [6, 6.07) is 14.9. The Morgan fingerprint density at radius 2 is 1.81 bits per heavy atom. The summed E-state index contributed by atoms with van der Waals surface area (Å²) in [5.74, 6) is 6.87. The molecule has 1 aliphatic rings. The first kappa shape index (κ1) is 33.8. The van der Waals surface area contributed by atoms with Crippen LogP contribution >= 0.6 is 0 Å².